The number of nitrogens with zero attached hydrogens (tertiary/aromatic N) is 3. The zero-order valence-electron chi connectivity index (χ0n) is 13.7. The smallest absolute Gasteiger partial charge is 0.393 e. The molecule has 3 rings (SSSR count). The SMILES string of the molecule is Cc1nn(CC(=O)N2CCCC2c2cccc(C)c2C)c(=O)o1. The van der Waals surface area contributed by atoms with Crippen LogP contribution < -0.4 is 5.76 Å². The van der Waals surface area contributed by atoms with E-state index in [1.807, 2.05) is 11.0 Å². The van der Waals surface area contributed by atoms with Crippen LogP contribution in [0.4, 0.5) is 0 Å². The van der Waals surface area contributed by atoms with Crippen molar-refractivity contribution in [3.8, 4) is 0 Å². The van der Waals surface area contributed by atoms with E-state index >= 15 is 0 Å². The molecule has 0 spiro atoms. The maximum atomic E-state index is 12.6. The molecule has 1 aromatic carbocycles. The second kappa shape index (κ2) is 6.02. The van der Waals surface area contributed by atoms with Crippen molar-refractivity contribution in [3.63, 3.8) is 0 Å². The van der Waals surface area contributed by atoms with Gasteiger partial charge >= 0.3 is 5.76 Å². The Morgan fingerprint density at radius 1 is 1.35 bits per heavy atom. The molecule has 6 heteroatoms. The predicted molar refractivity (Wildman–Crippen MR) is 85.1 cm³/mol. The third-order valence-corrected chi connectivity index (χ3v) is 4.57. The number of likely N-dealkylation sites (tertiary alicyclic amines) is 1. The van der Waals surface area contributed by atoms with Gasteiger partial charge in [-0.2, -0.15) is 4.68 Å². The molecule has 122 valence electrons. The van der Waals surface area contributed by atoms with Crippen molar-refractivity contribution in [1.82, 2.24) is 14.7 Å². The highest BCUT2D eigenvalue weighted by Gasteiger charge is 2.31. The third-order valence-electron chi connectivity index (χ3n) is 4.57. The first kappa shape index (κ1) is 15.5. The zero-order chi connectivity index (χ0) is 16.6. The Kier molecular flexibility index (Phi) is 4.07. The van der Waals surface area contributed by atoms with Crippen LogP contribution in [0.2, 0.25) is 0 Å². The van der Waals surface area contributed by atoms with Gasteiger partial charge in [-0.05, 0) is 43.4 Å². The molecular weight excluding hydrogens is 294 g/mol. The summed E-state index contributed by atoms with van der Waals surface area (Å²) in [6.45, 7) is 6.41. The van der Waals surface area contributed by atoms with Crippen molar-refractivity contribution < 1.29 is 9.21 Å². The summed E-state index contributed by atoms with van der Waals surface area (Å²) in [5.41, 5.74) is 3.65. The summed E-state index contributed by atoms with van der Waals surface area (Å²) in [7, 11) is 0. The summed E-state index contributed by atoms with van der Waals surface area (Å²) < 4.78 is 5.94. The molecule has 0 aliphatic carbocycles. The molecule has 6 nitrogen and oxygen atoms in total. The lowest BCUT2D eigenvalue weighted by Gasteiger charge is -2.26. The Bertz CT molecular complexity index is 791. The normalized spacial score (nSPS) is 17.7. The fourth-order valence-corrected chi connectivity index (χ4v) is 3.25. The molecule has 2 heterocycles. The monoisotopic (exact) mass is 315 g/mol. The summed E-state index contributed by atoms with van der Waals surface area (Å²) in [5.74, 6) is -0.405. The number of rotatable bonds is 3. The highest BCUT2D eigenvalue weighted by molar-refractivity contribution is 5.76. The first-order valence-electron chi connectivity index (χ1n) is 7.87. The molecule has 0 radical (unpaired) electrons. The van der Waals surface area contributed by atoms with Crippen molar-refractivity contribution in [2.75, 3.05) is 6.54 Å². The molecule has 0 saturated carbocycles. The van der Waals surface area contributed by atoms with Crippen molar-refractivity contribution >= 4 is 5.91 Å². The van der Waals surface area contributed by atoms with Crippen LogP contribution in [-0.2, 0) is 11.3 Å². The average molecular weight is 315 g/mol. The number of amides is 1. The molecule has 1 saturated heterocycles. The maximum Gasteiger partial charge on any atom is 0.437 e. The molecular formula is C17H21N3O3. The van der Waals surface area contributed by atoms with Crippen molar-refractivity contribution in [1.29, 1.82) is 0 Å². The first-order chi connectivity index (χ1) is 11.0. The predicted octanol–water partition coefficient (Wildman–Crippen LogP) is 2.13. The average Bonchev–Trinajstić information content (AvgIpc) is 3.09. The molecule has 1 atom stereocenters. The van der Waals surface area contributed by atoms with E-state index in [2.05, 4.69) is 31.1 Å². The summed E-state index contributed by atoms with van der Waals surface area (Å²) >= 11 is 0. The zero-order valence-corrected chi connectivity index (χ0v) is 13.7. The number of hydrogen-bond donors (Lipinski definition) is 0. The molecule has 1 aliphatic rings. The van der Waals surface area contributed by atoms with Crippen LogP contribution in [0, 0.1) is 20.8 Å². The van der Waals surface area contributed by atoms with E-state index in [0.29, 0.717) is 6.54 Å². The minimum Gasteiger partial charge on any atom is -0.393 e. The van der Waals surface area contributed by atoms with Crippen LogP contribution in [0.5, 0.6) is 0 Å². The van der Waals surface area contributed by atoms with Crippen LogP contribution in [0.25, 0.3) is 0 Å². The molecule has 1 aliphatic heterocycles. The van der Waals surface area contributed by atoms with E-state index in [9.17, 15) is 9.59 Å². The number of carbonyl (C=O) groups excluding carboxylic acids is 1. The van der Waals surface area contributed by atoms with Gasteiger partial charge in [-0.3, -0.25) is 4.79 Å². The highest BCUT2D eigenvalue weighted by atomic mass is 16.4. The van der Waals surface area contributed by atoms with Gasteiger partial charge in [0.25, 0.3) is 0 Å². The summed E-state index contributed by atoms with van der Waals surface area (Å²) in [4.78, 5) is 26.1. The van der Waals surface area contributed by atoms with Crippen molar-refractivity contribution in [2.24, 2.45) is 0 Å². The van der Waals surface area contributed by atoms with E-state index < -0.39 is 5.76 Å². The van der Waals surface area contributed by atoms with Crippen molar-refractivity contribution in [2.45, 2.75) is 46.2 Å². The number of hydrogen-bond acceptors (Lipinski definition) is 4. The van der Waals surface area contributed by atoms with Crippen LogP contribution in [0.1, 0.15) is 41.5 Å². The van der Waals surface area contributed by atoms with Gasteiger partial charge in [0.05, 0.1) is 6.04 Å². The summed E-state index contributed by atoms with van der Waals surface area (Å²) in [5, 5.41) is 3.94. The fourth-order valence-electron chi connectivity index (χ4n) is 3.25. The summed E-state index contributed by atoms with van der Waals surface area (Å²) in [6.07, 6.45) is 1.92. The standard InChI is InChI=1S/C17H21N3O3/c1-11-6-4-7-14(12(11)2)15-8-5-9-19(15)16(21)10-20-17(22)23-13(3)18-20/h4,6-7,15H,5,8-10H2,1-3H3. The van der Waals surface area contributed by atoms with E-state index in [1.54, 1.807) is 6.92 Å². The van der Waals surface area contributed by atoms with E-state index in [1.165, 1.54) is 16.7 Å². The Balaban J connectivity index is 1.84. The Morgan fingerprint density at radius 2 is 2.13 bits per heavy atom. The van der Waals surface area contributed by atoms with E-state index in [-0.39, 0.29) is 24.4 Å². The molecule has 1 unspecified atom stereocenters. The lowest BCUT2D eigenvalue weighted by Crippen LogP contribution is -2.36. The molecule has 1 aromatic heterocycles. The van der Waals surface area contributed by atoms with Gasteiger partial charge in [0, 0.05) is 13.5 Å². The van der Waals surface area contributed by atoms with Gasteiger partial charge in [0.15, 0.2) is 0 Å². The minimum absolute atomic E-state index is 0.0719. The highest BCUT2D eigenvalue weighted by Crippen LogP contribution is 2.34. The lowest BCUT2D eigenvalue weighted by molar-refractivity contribution is -0.133. The third kappa shape index (κ3) is 2.93. The maximum absolute atomic E-state index is 12.6. The topological polar surface area (TPSA) is 68.3 Å². The van der Waals surface area contributed by atoms with E-state index in [4.69, 9.17) is 4.42 Å². The van der Waals surface area contributed by atoms with Gasteiger partial charge in [0.2, 0.25) is 11.8 Å². The van der Waals surface area contributed by atoms with Gasteiger partial charge in [-0.15, -0.1) is 5.10 Å². The van der Waals surface area contributed by atoms with E-state index in [0.717, 1.165) is 17.5 Å². The van der Waals surface area contributed by atoms with Crippen LogP contribution in [0.3, 0.4) is 0 Å². The Morgan fingerprint density at radius 3 is 2.83 bits per heavy atom. The number of carbonyl (C=O) groups is 1. The van der Waals surface area contributed by atoms with Gasteiger partial charge in [0.1, 0.15) is 6.54 Å². The second-order valence-electron chi connectivity index (χ2n) is 6.08. The molecule has 0 N–H and O–H groups in total. The Labute approximate surface area is 134 Å². The molecule has 1 amide bonds. The number of aromatic nitrogens is 2. The molecule has 23 heavy (non-hydrogen) atoms. The quantitative estimate of drug-likeness (QED) is 0.870. The summed E-state index contributed by atoms with van der Waals surface area (Å²) in [6, 6.07) is 6.28. The molecule has 1 fully saturated rings. The largest absolute Gasteiger partial charge is 0.437 e. The van der Waals surface area contributed by atoms with Gasteiger partial charge in [-0.25, -0.2) is 4.79 Å². The van der Waals surface area contributed by atoms with Gasteiger partial charge in [-0.1, -0.05) is 18.2 Å². The van der Waals surface area contributed by atoms with Gasteiger partial charge < -0.3 is 9.32 Å². The van der Waals surface area contributed by atoms with Crippen molar-refractivity contribution in [3.05, 3.63) is 51.3 Å². The van der Waals surface area contributed by atoms with Crippen LogP contribution in [0.15, 0.2) is 27.4 Å². The molecule has 0 bridgehead atoms. The fraction of sp³-hybridized carbons (Fsp3) is 0.471. The van der Waals surface area contributed by atoms with Crippen LogP contribution in [-0.4, -0.2) is 27.1 Å². The Hall–Kier alpha value is -2.37. The second-order valence-corrected chi connectivity index (χ2v) is 6.08. The number of benzene rings is 1. The number of aryl methyl sites for hydroxylation is 2. The van der Waals surface area contributed by atoms with Crippen LogP contribution >= 0.6 is 0 Å². The minimum atomic E-state index is -0.585. The lowest BCUT2D eigenvalue weighted by atomic mass is 9.96. The molecule has 2 aromatic rings. The first-order valence-corrected chi connectivity index (χ1v) is 7.87.